The molecule has 5 nitrogen and oxygen atoms in total. The largest absolute Gasteiger partial charge is 0.493 e. The highest BCUT2D eigenvalue weighted by Crippen LogP contribution is 2.43. The molecule has 0 radical (unpaired) electrons. The Bertz CT molecular complexity index is 600. The quantitative estimate of drug-likeness (QED) is 0.924. The number of ether oxygens (including phenoxy) is 3. The lowest BCUT2D eigenvalue weighted by molar-refractivity contribution is 0.170. The van der Waals surface area contributed by atoms with Gasteiger partial charge in [-0.2, -0.15) is 0 Å². The number of aromatic nitrogens is 1. The Hall–Kier alpha value is -2.27. The second-order valence-electron chi connectivity index (χ2n) is 4.50. The van der Waals surface area contributed by atoms with Crippen LogP contribution >= 0.6 is 0 Å². The molecule has 104 valence electrons. The zero-order valence-corrected chi connectivity index (χ0v) is 11.1. The minimum absolute atomic E-state index is 0.172. The third-order valence-electron chi connectivity index (χ3n) is 3.19. The molecule has 1 atom stereocenters. The number of benzene rings is 1. The van der Waals surface area contributed by atoms with E-state index in [2.05, 4.69) is 4.98 Å². The molecule has 1 aliphatic rings. The number of fused-ring (bicyclic) bond motifs is 1. The number of rotatable bonds is 4. The average Bonchev–Trinajstić information content (AvgIpc) is 2.95. The Balaban J connectivity index is 1.86. The van der Waals surface area contributed by atoms with Crippen molar-refractivity contribution < 1.29 is 19.3 Å². The maximum absolute atomic E-state index is 10.3. The average molecular weight is 273 g/mol. The van der Waals surface area contributed by atoms with E-state index in [0.29, 0.717) is 23.7 Å². The summed E-state index contributed by atoms with van der Waals surface area (Å²) in [5.41, 5.74) is 1.55. The van der Waals surface area contributed by atoms with Crippen LogP contribution in [0.5, 0.6) is 17.2 Å². The summed E-state index contributed by atoms with van der Waals surface area (Å²) in [6.07, 6.45) is 1.47. The maximum Gasteiger partial charge on any atom is 0.231 e. The molecule has 0 aliphatic carbocycles. The Morgan fingerprint density at radius 2 is 2.25 bits per heavy atom. The van der Waals surface area contributed by atoms with E-state index in [1.54, 1.807) is 25.4 Å². The van der Waals surface area contributed by atoms with Gasteiger partial charge in [-0.25, -0.2) is 0 Å². The molecular formula is C15H15NO4. The van der Waals surface area contributed by atoms with Crippen LogP contribution < -0.4 is 14.2 Å². The topological polar surface area (TPSA) is 60.8 Å². The first-order valence-electron chi connectivity index (χ1n) is 6.33. The van der Waals surface area contributed by atoms with Gasteiger partial charge in [0.15, 0.2) is 11.5 Å². The van der Waals surface area contributed by atoms with Crippen molar-refractivity contribution in [2.24, 2.45) is 0 Å². The zero-order valence-electron chi connectivity index (χ0n) is 11.1. The molecule has 1 aromatic carbocycles. The van der Waals surface area contributed by atoms with E-state index < -0.39 is 6.10 Å². The molecular weight excluding hydrogens is 258 g/mol. The molecule has 0 fully saturated rings. The third kappa shape index (κ3) is 2.40. The van der Waals surface area contributed by atoms with Gasteiger partial charge < -0.3 is 19.3 Å². The Morgan fingerprint density at radius 3 is 3.00 bits per heavy atom. The van der Waals surface area contributed by atoms with Gasteiger partial charge in [0.05, 0.1) is 13.2 Å². The third-order valence-corrected chi connectivity index (χ3v) is 3.19. The Labute approximate surface area is 116 Å². The smallest absolute Gasteiger partial charge is 0.231 e. The molecule has 1 unspecified atom stereocenters. The van der Waals surface area contributed by atoms with Crippen LogP contribution in [-0.4, -0.2) is 24.0 Å². The van der Waals surface area contributed by atoms with Gasteiger partial charge in [0.1, 0.15) is 0 Å². The molecule has 0 amide bonds. The second kappa shape index (κ2) is 5.38. The first-order valence-corrected chi connectivity index (χ1v) is 6.33. The second-order valence-corrected chi connectivity index (χ2v) is 4.50. The van der Waals surface area contributed by atoms with Gasteiger partial charge in [0.25, 0.3) is 0 Å². The Morgan fingerprint density at radius 1 is 1.35 bits per heavy atom. The van der Waals surface area contributed by atoms with Crippen LogP contribution in [0.3, 0.4) is 0 Å². The van der Waals surface area contributed by atoms with Crippen LogP contribution in [0.2, 0.25) is 0 Å². The van der Waals surface area contributed by atoms with Crippen molar-refractivity contribution in [3.8, 4) is 17.2 Å². The lowest BCUT2D eigenvalue weighted by atomic mass is 10.0. The number of hydrogen-bond donors (Lipinski definition) is 1. The van der Waals surface area contributed by atoms with Crippen LogP contribution in [0.1, 0.15) is 17.4 Å². The van der Waals surface area contributed by atoms with Crippen molar-refractivity contribution in [2.45, 2.75) is 12.5 Å². The van der Waals surface area contributed by atoms with Gasteiger partial charge in [-0.05, 0) is 29.8 Å². The molecule has 1 N–H and O–H groups in total. The highest BCUT2D eigenvalue weighted by Gasteiger charge is 2.22. The van der Waals surface area contributed by atoms with Crippen molar-refractivity contribution in [1.82, 2.24) is 4.98 Å². The molecule has 0 saturated heterocycles. The summed E-state index contributed by atoms with van der Waals surface area (Å²) in [7, 11) is 1.56. The van der Waals surface area contributed by atoms with E-state index in [4.69, 9.17) is 14.2 Å². The highest BCUT2D eigenvalue weighted by molar-refractivity contribution is 5.55. The van der Waals surface area contributed by atoms with Gasteiger partial charge in [-0.1, -0.05) is 6.07 Å². The summed E-state index contributed by atoms with van der Waals surface area (Å²) in [5.74, 6) is 1.75. The van der Waals surface area contributed by atoms with Crippen LogP contribution in [0.4, 0.5) is 0 Å². The van der Waals surface area contributed by atoms with Crippen LogP contribution in [-0.2, 0) is 6.42 Å². The summed E-state index contributed by atoms with van der Waals surface area (Å²) in [6.45, 7) is 0.172. The normalized spacial score (nSPS) is 14.1. The van der Waals surface area contributed by atoms with Crippen LogP contribution in [0, 0.1) is 0 Å². The van der Waals surface area contributed by atoms with Crippen LogP contribution in [0.15, 0.2) is 36.5 Å². The van der Waals surface area contributed by atoms with E-state index in [0.717, 1.165) is 11.3 Å². The van der Waals surface area contributed by atoms with Gasteiger partial charge in [0.2, 0.25) is 12.5 Å². The zero-order chi connectivity index (χ0) is 13.9. The monoisotopic (exact) mass is 273 g/mol. The van der Waals surface area contributed by atoms with Crippen molar-refractivity contribution in [3.05, 3.63) is 47.8 Å². The lowest BCUT2D eigenvalue weighted by Crippen LogP contribution is -2.03. The first-order chi connectivity index (χ1) is 9.78. The molecule has 0 saturated carbocycles. The van der Waals surface area contributed by atoms with E-state index in [1.807, 2.05) is 18.2 Å². The molecule has 20 heavy (non-hydrogen) atoms. The molecule has 1 aromatic heterocycles. The summed E-state index contributed by atoms with van der Waals surface area (Å²) < 4.78 is 16.0. The fourth-order valence-corrected chi connectivity index (χ4v) is 2.18. The van der Waals surface area contributed by atoms with Gasteiger partial charge in [-0.15, -0.1) is 0 Å². The molecule has 0 spiro atoms. The fraction of sp³-hybridized carbons (Fsp3) is 0.267. The van der Waals surface area contributed by atoms with Gasteiger partial charge in [-0.3, -0.25) is 4.98 Å². The first kappa shape index (κ1) is 12.7. The molecule has 2 heterocycles. The molecule has 3 rings (SSSR count). The summed E-state index contributed by atoms with van der Waals surface area (Å²) in [6, 6.07) is 9.17. The van der Waals surface area contributed by atoms with E-state index in [-0.39, 0.29) is 6.79 Å². The summed E-state index contributed by atoms with van der Waals surface area (Å²) in [5, 5.41) is 10.3. The van der Waals surface area contributed by atoms with Crippen molar-refractivity contribution in [1.29, 1.82) is 0 Å². The van der Waals surface area contributed by atoms with E-state index in [9.17, 15) is 5.11 Å². The molecule has 5 heteroatoms. The fourth-order valence-electron chi connectivity index (χ4n) is 2.18. The number of aliphatic hydroxyl groups excluding tert-OH is 1. The lowest BCUT2D eigenvalue weighted by Gasteiger charge is -2.13. The number of pyridine rings is 1. The minimum Gasteiger partial charge on any atom is -0.493 e. The maximum atomic E-state index is 10.3. The van der Waals surface area contributed by atoms with Crippen LogP contribution in [0.25, 0.3) is 0 Å². The van der Waals surface area contributed by atoms with Crippen molar-refractivity contribution in [3.63, 3.8) is 0 Å². The number of hydrogen-bond acceptors (Lipinski definition) is 5. The summed E-state index contributed by atoms with van der Waals surface area (Å²) in [4.78, 5) is 4.21. The number of nitrogens with zero attached hydrogens (tertiary/aromatic N) is 1. The van der Waals surface area contributed by atoms with Gasteiger partial charge >= 0.3 is 0 Å². The molecule has 0 bridgehead atoms. The van der Waals surface area contributed by atoms with Gasteiger partial charge in [0, 0.05) is 18.3 Å². The SMILES string of the molecule is COc1cc(C(O)Cc2ccccn2)cc2c1OCO2. The predicted octanol–water partition coefficient (Wildman–Crippen LogP) is 2.09. The summed E-state index contributed by atoms with van der Waals surface area (Å²) >= 11 is 0. The molecule has 1 aliphatic heterocycles. The predicted molar refractivity (Wildman–Crippen MR) is 72.0 cm³/mol. The van der Waals surface area contributed by atoms with Crippen molar-refractivity contribution in [2.75, 3.05) is 13.9 Å². The van der Waals surface area contributed by atoms with E-state index in [1.165, 1.54) is 0 Å². The van der Waals surface area contributed by atoms with Crippen molar-refractivity contribution >= 4 is 0 Å². The number of methoxy groups -OCH3 is 1. The highest BCUT2D eigenvalue weighted by atomic mass is 16.7. The number of aliphatic hydroxyl groups is 1. The molecule has 2 aromatic rings. The minimum atomic E-state index is -0.673. The standard InChI is InChI=1S/C15H15NO4/c1-18-13-6-10(7-14-15(13)20-9-19-14)12(17)8-11-4-2-3-5-16-11/h2-7,12,17H,8-9H2,1H3. The van der Waals surface area contributed by atoms with E-state index >= 15 is 0 Å². The Kier molecular flexibility index (Phi) is 3.43.